The summed E-state index contributed by atoms with van der Waals surface area (Å²) < 4.78 is 2.31. The molecule has 0 N–H and O–H groups in total. The van der Waals surface area contributed by atoms with E-state index in [0.717, 1.165) is 6.04 Å². The lowest BCUT2D eigenvalue weighted by Crippen LogP contribution is -2.31. The van der Waals surface area contributed by atoms with Gasteiger partial charge in [0.05, 0.1) is 0 Å². The maximum atomic E-state index is 2.31. The summed E-state index contributed by atoms with van der Waals surface area (Å²) in [6, 6.07) is 5.08. The number of rotatable bonds is 1. The van der Waals surface area contributed by atoms with Crippen LogP contribution in [0.4, 0.5) is 0 Å². The predicted molar refractivity (Wildman–Crippen MR) is 39.6 cm³/mol. The number of aryl methyl sites for hydroxylation is 1. The Bertz CT molecular complexity index is 238. The fraction of sp³-hybridized carbons (Fsp3) is 0.444. The summed E-state index contributed by atoms with van der Waals surface area (Å²) in [5.74, 6) is 0. The van der Waals surface area contributed by atoms with Crippen LogP contribution in [0.15, 0.2) is 24.5 Å². The summed E-state index contributed by atoms with van der Waals surface area (Å²) in [5, 5.41) is 0. The van der Waals surface area contributed by atoms with Crippen LogP contribution in [-0.2, 0) is 0 Å². The first-order chi connectivity index (χ1) is 4.86. The smallest absolute Gasteiger partial charge is 0.171 e. The van der Waals surface area contributed by atoms with Crippen LogP contribution >= 0.6 is 0 Å². The molecule has 0 spiro atoms. The van der Waals surface area contributed by atoms with Gasteiger partial charge in [-0.05, 0) is 13.0 Å². The molecule has 1 fully saturated rings. The lowest BCUT2D eigenvalue weighted by atomic mass is 10.3. The largest absolute Gasteiger partial charge is 0.202 e. The van der Waals surface area contributed by atoms with E-state index in [1.807, 2.05) is 0 Å². The number of nitrogens with zero attached hydrogens (tertiary/aromatic N) is 1. The molecule has 0 aromatic carbocycles. The van der Waals surface area contributed by atoms with Crippen molar-refractivity contribution in [1.29, 1.82) is 0 Å². The van der Waals surface area contributed by atoms with Crippen LogP contribution < -0.4 is 4.57 Å². The molecule has 10 heavy (non-hydrogen) atoms. The van der Waals surface area contributed by atoms with Gasteiger partial charge in [0, 0.05) is 24.5 Å². The maximum Gasteiger partial charge on any atom is 0.171 e. The second-order valence-electron chi connectivity index (χ2n) is 3.06. The van der Waals surface area contributed by atoms with Crippen LogP contribution in [0, 0.1) is 6.92 Å². The molecule has 1 aliphatic carbocycles. The molecule has 2 rings (SSSR count). The van der Waals surface area contributed by atoms with E-state index in [1.54, 1.807) is 0 Å². The lowest BCUT2D eigenvalue weighted by Gasteiger charge is -1.91. The molecule has 0 radical (unpaired) electrons. The van der Waals surface area contributed by atoms with Gasteiger partial charge in [-0.3, -0.25) is 0 Å². The van der Waals surface area contributed by atoms with E-state index in [9.17, 15) is 0 Å². The fourth-order valence-corrected chi connectivity index (χ4v) is 1.22. The molecule has 52 valence electrons. The number of aromatic nitrogens is 1. The van der Waals surface area contributed by atoms with Gasteiger partial charge in [-0.15, -0.1) is 0 Å². The van der Waals surface area contributed by atoms with E-state index in [1.165, 1.54) is 18.4 Å². The highest BCUT2D eigenvalue weighted by molar-refractivity contribution is 5.01. The molecule has 1 saturated carbocycles. The van der Waals surface area contributed by atoms with Crippen molar-refractivity contribution in [1.82, 2.24) is 0 Å². The Hall–Kier alpha value is -0.850. The molecule has 0 bridgehead atoms. The minimum atomic E-state index is 0.819. The molecule has 1 heteroatoms. The van der Waals surface area contributed by atoms with Gasteiger partial charge in [0.15, 0.2) is 18.4 Å². The Kier molecular flexibility index (Phi) is 1.23. The van der Waals surface area contributed by atoms with Crippen molar-refractivity contribution >= 4 is 0 Å². The zero-order valence-corrected chi connectivity index (χ0v) is 6.25. The van der Waals surface area contributed by atoms with E-state index in [-0.39, 0.29) is 0 Å². The normalized spacial score (nSPS) is 17.3. The third kappa shape index (κ3) is 1.04. The summed E-state index contributed by atoms with van der Waals surface area (Å²) in [7, 11) is 0. The minimum Gasteiger partial charge on any atom is -0.202 e. The molecule has 0 amide bonds. The van der Waals surface area contributed by atoms with Gasteiger partial charge in [0.1, 0.15) is 0 Å². The van der Waals surface area contributed by atoms with E-state index >= 15 is 0 Å². The summed E-state index contributed by atoms with van der Waals surface area (Å²) in [6.07, 6.45) is 7.12. The number of hydrogen-bond donors (Lipinski definition) is 0. The Labute approximate surface area is 61.3 Å². The van der Waals surface area contributed by atoms with Gasteiger partial charge in [-0.1, -0.05) is 0 Å². The highest BCUT2D eigenvalue weighted by Gasteiger charge is 2.30. The molecule has 0 aliphatic heterocycles. The summed E-state index contributed by atoms with van der Waals surface area (Å²) in [6.45, 7) is 2.14. The van der Waals surface area contributed by atoms with Crippen molar-refractivity contribution in [3.63, 3.8) is 0 Å². The van der Waals surface area contributed by atoms with Gasteiger partial charge in [0.25, 0.3) is 0 Å². The third-order valence-electron chi connectivity index (χ3n) is 1.94. The summed E-state index contributed by atoms with van der Waals surface area (Å²) >= 11 is 0. The molecular weight excluding hydrogens is 122 g/mol. The third-order valence-corrected chi connectivity index (χ3v) is 1.94. The summed E-state index contributed by atoms with van der Waals surface area (Å²) in [4.78, 5) is 0. The van der Waals surface area contributed by atoms with Gasteiger partial charge in [-0.25, -0.2) is 4.57 Å². The standard InChI is InChI=1S/C9H12N/c1-8-3-2-6-10(7-8)9-4-5-9/h2-3,6-7,9H,4-5H2,1H3/q+1. The second-order valence-corrected chi connectivity index (χ2v) is 3.06. The highest BCUT2D eigenvalue weighted by Crippen LogP contribution is 2.28. The maximum absolute atomic E-state index is 2.31. The molecule has 1 nitrogen and oxygen atoms in total. The Balaban J connectivity index is 2.32. The van der Waals surface area contributed by atoms with Gasteiger partial charge < -0.3 is 0 Å². The van der Waals surface area contributed by atoms with Crippen molar-refractivity contribution in [3.05, 3.63) is 30.1 Å². The zero-order valence-electron chi connectivity index (χ0n) is 6.25. The molecule has 0 saturated heterocycles. The van der Waals surface area contributed by atoms with E-state index in [2.05, 4.69) is 36.0 Å². The average molecular weight is 134 g/mol. The Morgan fingerprint density at radius 2 is 2.30 bits per heavy atom. The minimum absolute atomic E-state index is 0.819. The predicted octanol–water partition coefficient (Wildman–Crippen LogP) is 1.62. The van der Waals surface area contributed by atoms with Crippen LogP contribution in [0.3, 0.4) is 0 Å². The van der Waals surface area contributed by atoms with Crippen molar-refractivity contribution < 1.29 is 4.57 Å². The second kappa shape index (κ2) is 2.08. The van der Waals surface area contributed by atoms with Crippen molar-refractivity contribution in [2.75, 3.05) is 0 Å². The molecule has 0 atom stereocenters. The Morgan fingerprint density at radius 1 is 1.50 bits per heavy atom. The van der Waals surface area contributed by atoms with Crippen molar-refractivity contribution in [3.8, 4) is 0 Å². The summed E-state index contributed by atoms with van der Waals surface area (Å²) in [5.41, 5.74) is 1.36. The Morgan fingerprint density at radius 3 is 2.90 bits per heavy atom. The molecule has 1 aliphatic rings. The molecule has 1 aromatic heterocycles. The van der Waals surface area contributed by atoms with Crippen LogP contribution in [0.2, 0.25) is 0 Å². The number of hydrogen-bond acceptors (Lipinski definition) is 0. The molecule has 0 unspecified atom stereocenters. The van der Waals surface area contributed by atoms with E-state index in [4.69, 9.17) is 0 Å². The van der Waals surface area contributed by atoms with Gasteiger partial charge in [-0.2, -0.15) is 0 Å². The first-order valence-corrected chi connectivity index (χ1v) is 3.84. The fourth-order valence-electron chi connectivity index (χ4n) is 1.22. The van der Waals surface area contributed by atoms with Crippen molar-refractivity contribution in [2.24, 2.45) is 0 Å². The van der Waals surface area contributed by atoms with Crippen LogP contribution in [0.1, 0.15) is 24.4 Å². The van der Waals surface area contributed by atoms with Crippen LogP contribution in [0.25, 0.3) is 0 Å². The first kappa shape index (κ1) is 5.90. The van der Waals surface area contributed by atoms with Gasteiger partial charge >= 0.3 is 0 Å². The first-order valence-electron chi connectivity index (χ1n) is 3.84. The lowest BCUT2D eigenvalue weighted by molar-refractivity contribution is -0.700. The van der Waals surface area contributed by atoms with E-state index in [0.29, 0.717) is 0 Å². The SMILES string of the molecule is Cc1ccc[n+](C2CC2)c1. The van der Waals surface area contributed by atoms with Crippen molar-refractivity contribution in [2.45, 2.75) is 25.8 Å². The number of pyridine rings is 1. The van der Waals surface area contributed by atoms with Crippen LogP contribution in [0.5, 0.6) is 0 Å². The molecule has 1 heterocycles. The van der Waals surface area contributed by atoms with Gasteiger partial charge in [0.2, 0.25) is 0 Å². The quantitative estimate of drug-likeness (QED) is 0.514. The zero-order chi connectivity index (χ0) is 6.97. The average Bonchev–Trinajstić information content (AvgIpc) is 2.68. The monoisotopic (exact) mass is 134 g/mol. The molecule has 1 aromatic rings. The van der Waals surface area contributed by atoms with E-state index < -0.39 is 0 Å². The molecular formula is C9H12N+. The highest BCUT2D eigenvalue weighted by atomic mass is 15.0. The topological polar surface area (TPSA) is 3.88 Å². The van der Waals surface area contributed by atoms with Crippen LogP contribution in [-0.4, -0.2) is 0 Å².